The fraction of sp³-hybridized carbons (Fsp3) is 0.467. The van der Waals surface area contributed by atoms with Gasteiger partial charge in [0.25, 0.3) is 0 Å². The van der Waals surface area contributed by atoms with E-state index in [1.165, 1.54) is 6.07 Å². The van der Waals surface area contributed by atoms with Gasteiger partial charge >= 0.3 is 13.1 Å². The van der Waals surface area contributed by atoms with Crippen LogP contribution in [0.2, 0.25) is 10.0 Å². The average molecular weight is 374 g/mol. The number of carbonyl (C=O) groups is 2. The molecule has 1 atom stereocenters. The van der Waals surface area contributed by atoms with Crippen LogP contribution >= 0.6 is 23.2 Å². The molecular formula is C15H18BCl2NO5. The maximum Gasteiger partial charge on any atom is 0.547 e. The van der Waals surface area contributed by atoms with E-state index in [4.69, 9.17) is 32.6 Å². The Morgan fingerprint density at radius 3 is 2.79 bits per heavy atom. The molecule has 1 heterocycles. The monoisotopic (exact) mass is 373 g/mol. The Kier molecular flexibility index (Phi) is 6.37. The minimum absolute atomic E-state index is 0.0960. The fourth-order valence-corrected chi connectivity index (χ4v) is 2.93. The highest BCUT2D eigenvalue weighted by molar-refractivity contribution is 6.48. The molecule has 24 heavy (non-hydrogen) atoms. The van der Waals surface area contributed by atoms with Crippen LogP contribution in [0.1, 0.15) is 42.6 Å². The number of fused-ring (bicyclic) bond motifs is 1. The van der Waals surface area contributed by atoms with Gasteiger partial charge in [-0.05, 0) is 25.8 Å². The van der Waals surface area contributed by atoms with Crippen molar-refractivity contribution in [2.24, 2.45) is 0 Å². The highest BCUT2D eigenvalue weighted by Gasteiger charge is 2.39. The molecule has 1 aromatic carbocycles. The summed E-state index contributed by atoms with van der Waals surface area (Å²) in [6.45, 7) is 3.74. The number of benzene rings is 1. The Hall–Kier alpha value is -1.44. The molecule has 130 valence electrons. The lowest BCUT2D eigenvalue weighted by atomic mass is 9.72. The van der Waals surface area contributed by atoms with Gasteiger partial charge in [-0.15, -0.1) is 0 Å². The van der Waals surface area contributed by atoms with Gasteiger partial charge in [0.1, 0.15) is 11.3 Å². The second-order valence-electron chi connectivity index (χ2n) is 5.38. The summed E-state index contributed by atoms with van der Waals surface area (Å²) in [6, 6.07) is 1.35. The van der Waals surface area contributed by atoms with Crippen molar-refractivity contribution in [3.63, 3.8) is 0 Å². The number of rotatable bonds is 5. The molecule has 9 heteroatoms. The largest absolute Gasteiger partial charge is 0.547 e. The molecule has 0 bridgehead atoms. The maximum absolute atomic E-state index is 12.1. The molecule has 0 saturated heterocycles. The van der Waals surface area contributed by atoms with E-state index in [-0.39, 0.29) is 40.3 Å². The smallest absolute Gasteiger partial charge is 0.534 e. The summed E-state index contributed by atoms with van der Waals surface area (Å²) >= 11 is 12.3. The zero-order chi connectivity index (χ0) is 17.9. The molecule has 1 aromatic rings. The van der Waals surface area contributed by atoms with Crippen molar-refractivity contribution in [3.8, 4) is 5.75 Å². The summed E-state index contributed by atoms with van der Waals surface area (Å²) in [7, 11) is -1.30. The van der Waals surface area contributed by atoms with E-state index in [9.17, 15) is 14.6 Å². The van der Waals surface area contributed by atoms with Crippen molar-refractivity contribution in [1.82, 2.24) is 5.32 Å². The van der Waals surface area contributed by atoms with E-state index >= 15 is 0 Å². The molecular weight excluding hydrogens is 356 g/mol. The Labute approximate surface area is 150 Å². The van der Waals surface area contributed by atoms with Gasteiger partial charge in [0.15, 0.2) is 0 Å². The molecule has 6 nitrogen and oxygen atoms in total. The summed E-state index contributed by atoms with van der Waals surface area (Å²) < 4.78 is 10.4. The van der Waals surface area contributed by atoms with Crippen LogP contribution < -0.4 is 9.97 Å². The summed E-state index contributed by atoms with van der Waals surface area (Å²) in [5, 5.41) is 13.3. The predicted octanol–water partition coefficient (Wildman–Crippen LogP) is 2.41. The van der Waals surface area contributed by atoms with E-state index < -0.39 is 19.0 Å². The third-order valence-electron chi connectivity index (χ3n) is 3.59. The van der Waals surface area contributed by atoms with Gasteiger partial charge in [-0.25, -0.2) is 4.79 Å². The van der Waals surface area contributed by atoms with Crippen LogP contribution in [0.3, 0.4) is 0 Å². The second-order valence-corrected chi connectivity index (χ2v) is 6.17. The van der Waals surface area contributed by atoms with Gasteiger partial charge in [0.2, 0.25) is 5.91 Å². The fourth-order valence-electron chi connectivity index (χ4n) is 2.49. The van der Waals surface area contributed by atoms with Crippen molar-refractivity contribution >= 4 is 42.2 Å². The number of carbonyl (C=O) groups excluding carboxylic acids is 2. The molecule has 0 aliphatic carbocycles. The molecule has 2 N–H and O–H groups in total. The average Bonchev–Trinajstić information content (AvgIpc) is 2.52. The standard InChI is InChI=1S/C15H18BCl2NO5/c1-3-5-12(20)19-11-7-8-13(18)10(17)6-9(15(21)23-4-2)14(8)24-16(11)22/h6,11,22H,3-5,7H2,1-2H3,(H,19,20). The normalized spacial score (nSPS) is 16.2. The zero-order valence-corrected chi connectivity index (χ0v) is 14.9. The second kappa shape index (κ2) is 8.10. The molecule has 1 aliphatic heterocycles. The van der Waals surface area contributed by atoms with Gasteiger partial charge in [0, 0.05) is 12.0 Å². The molecule has 0 radical (unpaired) electrons. The van der Waals surface area contributed by atoms with Crippen LogP contribution in [0.4, 0.5) is 0 Å². The summed E-state index contributed by atoms with van der Waals surface area (Å²) in [6.07, 6.45) is 1.22. The predicted molar refractivity (Wildman–Crippen MR) is 91.6 cm³/mol. The van der Waals surface area contributed by atoms with Crippen LogP contribution in [-0.4, -0.2) is 36.6 Å². The number of hydrogen-bond acceptors (Lipinski definition) is 5. The summed E-state index contributed by atoms with van der Waals surface area (Å²) in [5.41, 5.74) is 0.554. The Bertz CT molecular complexity index is 655. The third kappa shape index (κ3) is 3.96. The summed E-state index contributed by atoms with van der Waals surface area (Å²) in [4.78, 5) is 23.8. The third-order valence-corrected chi connectivity index (χ3v) is 4.42. The lowest BCUT2D eigenvalue weighted by molar-refractivity contribution is -0.121. The minimum Gasteiger partial charge on any atom is -0.534 e. The van der Waals surface area contributed by atoms with E-state index in [2.05, 4.69) is 5.32 Å². The lowest BCUT2D eigenvalue weighted by Crippen LogP contribution is -2.53. The molecule has 0 fully saturated rings. The first-order chi connectivity index (χ1) is 11.4. The Morgan fingerprint density at radius 1 is 1.46 bits per heavy atom. The van der Waals surface area contributed by atoms with Crippen LogP contribution in [0, 0.1) is 0 Å². The molecule has 2 rings (SSSR count). The first kappa shape index (κ1) is 18.9. The van der Waals surface area contributed by atoms with Crippen LogP contribution in [0.25, 0.3) is 0 Å². The van der Waals surface area contributed by atoms with Crippen molar-refractivity contribution in [2.45, 2.75) is 39.1 Å². The van der Waals surface area contributed by atoms with Gasteiger partial charge in [-0.3, -0.25) is 4.79 Å². The molecule has 1 aliphatic rings. The highest BCUT2D eigenvalue weighted by Crippen LogP contribution is 2.40. The van der Waals surface area contributed by atoms with Gasteiger partial charge in [0.05, 0.1) is 22.6 Å². The van der Waals surface area contributed by atoms with Crippen LogP contribution in [0.5, 0.6) is 5.75 Å². The van der Waals surface area contributed by atoms with E-state index in [0.29, 0.717) is 18.4 Å². The SMILES string of the molecule is CCCC(=O)NC1Cc2c(Cl)c(Cl)cc(C(=O)OCC)c2OB1O. The minimum atomic E-state index is -1.30. The van der Waals surface area contributed by atoms with E-state index in [0.717, 1.165) is 0 Å². The molecule has 1 unspecified atom stereocenters. The van der Waals surface area contributed by atoms with E-state index in [1.807, 2.05) is 6.92 Å². The maximum atomic E-state index is 12.1. The van der Waals surface area contributed by atoms with Gasteiger partial charge in [-0.2, -0.15) is 0 Å². The van der Waals surface area contributed by atoms with Gasteiger partial charge in [-0.1, -0.05) is 30.1 Å². The van der Waals surface area contributed by atoms with Crippen LogP contribution in [-0.2, 0) is 16.0 Å². The van der Waals surface area contributed by atoms with Crippen molar-refractivity contribution in [1.29, 1.82) is 0 Å². The lowest BCUT2D eigenvalue weighted by Gasteiger charge is -2.30. The number of ether oxygens (including phenoxy) is 1. The molecule has 0 spiro atoms. The van der Waals surface area contributed by atoms with Crippen molar-refractivity contribution in [2.75, 3.05) is 6.61 Å². The Balaban J connectivity index is 2.36. The van der Waals surface area contributed by atoms with Crippen molar-refractivity contribution in [3.05, 3.63) is 27.2 Å². The van der Waals surface area contributed by atoms with Crippen LogP contribution in [0.15, 0.2) is 6.07 Å². The van der Waals surface area contributed by atoms with E-state index in [1.54, 1.807) is 6.92 Å². The first-order valence-corrected chi connectivity index (χ1v) is 8.46. The molecule has 0 saturated carbocycles. The van der Waals surface area contributed by atoms with Gasteiger partial charge < -0.3 is 19.7 Å². The Morgan fingerprint density at radius 2 is 2.17 bits per heavy atom. The number of esters is 1. The topological polar surface area (TPSA) is 84.9 Å². The number of hydrogen-bond donors (Lipinski definition) is 2. The quantitative estimate of drug-likeness (QED) is 0.611. The first-order valence-electron chi connectivity index (χ1n) is 7.71. The number of amides is 1. The highest BCUT2D eigenvalue weighted by atomic mass is 35.5. The summed E-state index contributed by atoms with van der Waals surface area (Å²) in [5.74, 6) is -1.36. The number of halogens is 2. The number of nitrogens with one attached hydrogen (secondary N) is 1. The van der Waals surface area contributed by atoms with Crippen molar-refractivity contribution < 1.29 is 24.0 Å². The molecule has 1 amide bonds. The zero-order valence-electron chi connectivity index (χ0n) is 13.4. The molecule has 0 aromatic heterocycles.